The Morgan fingerprint density at radius 2 is 2.00 bits per heavy atom. The quantitative estimate of drug-likeness (QED) is 0.426. The first-order valence-corrected chi connectivity index (χ1v) is 13.3. The molecule has 0 spiro atoms. The van der Waals surface area contributed by atoms with E-state index < -0.39 is 0 Å². The second-order valence-corrected chi connectivity index (χ2v) is 9.68. The van der Waals surface area contributed by atoms with Gasteiger partial charge in [0.2, 0.25) is 5.96 Å². The minimum absolute atomic E-state index is 0.242. The fraction of sp³-hybridized carbons (Fsp3) is 0.429. The van der Waals surface area contributed by atoms with E-state index in [1.165, 1.54) is 5.56 Å². The van der Waals surface area contributed by atoms with E-state index in [2.05, 4.69) is 74.7 Å². The number of pyridine rings is 1. The number of allylic oxidation sites excluding steroid dienone is 1. The summed E-state index contributed by atoms with van der Waals surface area (Å²) in [5, 5.41) is 5.59. The van der Waals surface area contributed by atoms with Crippen LogP contribution in [0.25, 0.3) is 0 Å². The average molecular weight is 503 g/mol. The van der Waals surface area contributed by atoms with Crippen molar-refractivity contribution in [3.63, 3.8) is 0 Å². The van der Waals surface area contributed by atoms with Gasteiger partial charge in [0, 0.05) is 32.4 Å². The van der Waals surface area contributed by atoms with Crippen LogP contribution < -0.4 is 16.5 Å². The van der Waals surface area contributed by atoms with Crippen LogP contribution in [0.3, 0.4) is 0 Å². The number of benzene rings is 1. The zero-order chi connectivity index (χ0) is 25.8. The number of fused-ring (bicyclic) bond motifs is 1. The lowest BCUT2D eigenvalue weighted by Gasteiger charge is -2.36. The molecular weight excluding hydrogens is 464 g/mol. The fourth-order valence-corrected chi connectivity index (χ4v) is 5.28. The van der Waals surface area contributed by atoms with Crippen LogP contribution in [0.2, 0.25) is 0 Å². The Morgan fingerprint density at radius 3 is 2.76 bits per heavy atom. The Labute approximate surface area is 219 Å². The van der Waals surface area contributed by atoms with Gasteiger partial charge in [-0.2, -0.15) is 4.99 Å². The number of nitrogens with one attached hydrogen (secondary N) is 2. The van der Waals surface area contributed by atoms with Crippen molar-refractivity contribution < 1.29 is 4.74 Å². The van der Waals surface area contributed by atoms with Crippen molar-refractivity contribution in [2.45, 2.75) is 46.2 Å². The summed E-state index contributed by atoms with van der Waals surface area (Å²) < 4.78 is 5.70. The summed E-state index contributed by atoms with van der Waals surface area (Å²) in [7, 11) is 0. The van der Waals surface area contributed by atoms with Crippen LogP contribution in [0.15, 0.2) is 76.6 Å². The monoisotopic (exact) mass is 502 g/mol. The number of aromatic nitrogens is 1. The van der Waals surface area contributed by atoms with Crippen molar-refractivity contribution in [2.24, 2.45) is 10.7 Å². The maximum atomic E-state index is 6.73. The van der Waals surface area contributed by atoms with Gasteiger partial charge in [-0.3, -0.25) is 9.91 Å². The average Bonchev–Trinajstić information content (AvgIpc) is 3.50. The molecule has 4 heterocycles. The highest BCUT2D eigenvalue weighted by atomic mass is 16.5. The molecule has 1 unspecified atom stereocenters. The third-order valence-corrected chi connectivity index (χ3v) is 7.03. The Morgan fingerprint density at radius 1 is 1.16 bits per heavy atom. The van der Waals surface area contributed by atoms with Crippen LogP contribution in [-0.4, -0.2) is 64.6 Å². The molecule has 196 valence electrons. The molecule has 1 fully saturated rings. The minimum Gasteiger partial charge on any atom is -0.380 e. The van der Waals surface area contributed by atoms with E-state index in [-0.39, 0.29) is 6.04 Å². The first-order chi connectivity index (χ1) is 18.1. The molecule has 1 aromatic carbocycles. The topological polar surface area (TPSA) is 94.3 Å². The largest absolute Gasteiger partial charge is 0.380 e. The van der Waals surface area contributed by atoms with Gasteiger partial charge < -0.3 is 26.1 Å². The molecule has 3 aliphatic rings. The lowest BCUT2D eigenvalue weighted by atomic mass is 10.1. The number of nitrogens with two attached hydrogens (primary N) is 1. The van der Waals surface area contributed by atoms with E-state index in [1.807, 2.05) is 19.1 Å². The number of ether oxygens (including phenoxy) is 1. The van der Waals surface area contributed by atoms with Gasteiger partial charge in [0.25, 0.3) is 0 Å². The molecule has 0 aliphatic carbocycles. The van der Waals surface area contributed by atoms with Crippen LogP contribution in [-0.2, 0) is 11.3 Å². The zero-order valence-corrected chi connectivity index (χ0v) is 22.1. The van der Waals surface area contributed by atoms with Crippen LogP contribution in [0.4, 0.5) is 5.82 Å². The third kappa shape index (κ3) is 5.42. The van der Waals surface area contributed by atoms with E-state index in [4.69, 9.17) is 15.5 Å². The molecule has 2 aromatic rings. The standard InChI is InChI=1S/C28H38N8O/c1-4-23-25-26(35(33-23)15-16-37-5-2)27(31-24-17-20(3)11-13-30-24)32-28(29)36(25)22-12-14-34(19-22)18-21-9-7-6-8-10-21/h6-11,13,17,22,33H,4-5,12,14-16,18-19H2,1-3H3,(H2,29,32)(H,30,31). The third-order valence-electron chi connectivity index (χ3n) is 7.03. The number of guanidine groups is 1. The zero-order valence-electron chi connectivity index (χ0n) is 22.1. The number of nitrogens with zero attached hydrogens (tertiary/aromatic N) is 5. The van der Waals surface area contributed by atoms with Crippen molar-refractivity contribution in [3.8, 4) is 0 Å². The van der Waals surface area contributed by atoms with Crippen molar-refractivity contribution in [3.05, 3.63) is 82.7 Å². The first-order valence-electron chi connectivity index (χ1n) is 13.3. The normalized spacial score (nSPS) is 19.9. The molecule has 1 saturated heterocycles. The molecule has 4 N–H and O–H groups in total. The molecule has 0 amide bonds. The lowest BCUT2D eigenvalue weighted by molar-refractivity contribution is 0.116. The maximum Gasteiger partial charge on any atom is 0.203 e. The SMILES string of the molecule is CCOCCN1NC(CC)=C2C1=C(Nc1cc(C)ccn1)N=C(N)N2C1CCN(Cc2ccccc2)C1. The maximum absolute atomic E-state index is 6.73. The van der Waals surface area contributed by atoms with Gasteiger partial charge in [0.05, 0.1) is 30.6 Å². The summed E-state index contributed by atoms with van der Waals surface area (Å²) in [4.78, 5) is 14.2. The van der Waals surface area contributed by atoms with Gasteiger partial charge >= 0.3 is 0 Å². The van der Waals surface area contributed by atoms with Crippen LogP contribution in [0.5, 0.6) is 0 Å². The molecule has 1 aromatic heterocycles. The second-order valence-electron chi connectivity index (χ2n) is 9.68. The number of likely N-dealkylation sites (tertiary alicyclic amines) is 1. The van der Waals surface area contributed by atoms with Crippen molar-refractivity contribution in [1.29, 1.82) is 0 Å². The van der Waals surface area contributed by atoms with Crippen molar-refractivity contribution in [1.82, 2.24) is 25.2 Å². The first kappa shape index (κ1) is 25.1. The number of hydrogen-bond acceptors (Lipinski definition) is 9. The summed E-state index contributed by atoms with van der Waals surface area (Å²) in [5.41, 5.74) is 16.1. The Bertz CT molecular complexity index is 1190. The van der Waals surface area contributed by atoms with Gasteiger partial charge in [-0.1, -0.05) is 37.3 Å². The van der Waals surface area contributed by atoms with Crippen molar-refractivity contribution in [2.75, 3.05) is 38.2 Å². The van der Waals surface area contributed by atoms with Crippen LogP contribution >= 0.6 is 0 Å². The van der Waals surface area contributed by atoms with Crippen molar-refractivity contribution >= 4 is 11.8 Å². The molecule has 37 heavy (non-hydrogen) atoms. The molecular formula is C28H38N8O. The number of rotatable bonds is 10. The Balaban J connectivity index is 1.45. The van der Waals surface area contributed by atoms with Crippen LogP contribution in [0, 0.1) is 6.92 Å². The lowest BCUT2D eigenvalue weighted by Crippen LogP contribution is -2.48. The molecule has 1 atom stereocenters. The highest BCUT2D eigenvalue weighted by Crippen LogP contribution is 2.37. The second kappa shape index (κ2) is 11.2. The van der Waals surface area contributed by atoms with Gasteiger partial charge in [-0.05, 0) is 49.9 Å². The van der Waals surface area contributed by atoms with Gasteiger partial charge in [-0.25, -0.2) is 4.98 Å². The van der Waals surface area contributed by atoms with E-state index in [0.29, 0.717) is 31.5 Å². The number of hydrogen-bond donors (Lipinski definition) is 3. The highest BCUT2D eigenvalue weighted by molar-refractivity contribution is 5.85. The summed E-state index contributed by atoms with van der Waals surface area (Å²) in [6, 6.07) is 14.9. The van der Waals surface area contributed by atoms with Gasteiger partial charge in [0.1, 0.15) is 11.5 Å². The van der Waals surface area contributed by atoms with E-state index in [1.54, 1.807) is 6.20 Å². The smallest absolute Gasteiger partial charge is 0.203 e. The van der Waals surface area contributed by atoms with Gasteiger partial charge in [-0.15, -0.1) is 0 Å². The summed E-state index contributed by atoms with van der Waals surface area (Å²) >= 11 is 0. The van der Waals surface area contributed by atoms with E-state index in [0.717, 1.165) is 60.9 Å². The fourth-order valence-electron chi connectivity index (χ4n) is 5.28. The van der Waals surface area contributed by atoms with E-state index >= 15 is 0 Å². The minimum atomic E-state index is 0.242. The summed E-state index contributed by atoms with van der Waals surface area (Å²) in [6.45, 7) is 11.1. The predicted molar refractivity (Wildman–Crippen MR) is 147 cm³/mol. The molecule has 0 saturated carbocycles. The number of hydrazine groups is 1. The Hall–Kier alpha value is -3.56. The molecule has 0 bridgehead atoms. The Kier molecular flexibility index (Phi) is 7.62. The number of aliphatic imine (C=N–C) groups is 1. The van der Waals surface area contributed by atoms with Gasteiger partial charge in [0.15, 0.2) is 5.82 Å². The highest BCUT2D eigenvalue weighted by Gasteiger charge is 2.41. The number of aryl methyl sites for hydroxylation is 1. The van der Waals surface area contributed by atoms with E-state index in [9.17, 15) is 0 Å². The predicted octanol–water partition coefficient (Wildman–Crippen LogP) is 3.35. The number of anilines is 1. The molecule has 5 rings (SSSR count). The summed E-state index contributed by atoms with van der Waals surface area (Å²) in [6.07, 6.45) is 3.68. The van der Waals surface area contributed by atoms with Crippen LogP contribution in [0.1, 0.15) is 37.8 Å². The summed E-state index contributed by atoms with van der Waals surface area (Å²) in [5.74, 6) is 1.96. The molecule has 9 nitrogen and oxygen atoms in total. The molecule has 0 radical (unpaired) electrons. The molecule has 3 aliphatic heterocycles. The molecule has 9 heteroatoms.